The minimum atomic E-state index is -0.617. The van der Waals surface area contributed by atoms with Gasteiger partial charge in [0.05, 0.1) is 11.6 Å². The van der Waals surface area contributed by atoms with Crippen LogP contribution in [0.1, 0.15) is 32.3 Å². The summed E-state index contributed by atoms with van der Waals surface area (Å²) in [5, 5.41) is 2.87. The molecule has 2 rings (SSSR count). The highest BCUT2D eigenvalue weighted by Gasteiger charge is 2.45. The maximum atomic E-state index is 11.8. The molecular formula is C14H20N2O2. The van der Waals surface area contributed by atoms with Crippen LogP contribution in [0.2, 0.25) is 0 Å². The standard InChI is InChI=1S/C14H20N2O2/c1-10(2)18-12-6-4-3-5-11(12)9-16-13(17)14(15)7-8-14/h3-6,10H,7-9,15H2,1-2H3,(H,16,17). The van der Waals surface area contributed by atoms with Crippen LogP contribution in [0.4, 0.5) is 0 Å². The third-order valence-corrected chi connectivity index (χ3v) is 3.02. The molecule has 0 unspecified atom stereocenters. The number of nitrogens with two attached hydrogens (primary N) is 1. The van der Waals surface area contributed by atoms with Crippen LogP contribution in [-0.2, 0) is 11.3 Å². The molecule has 1 fully saturated rings. The summed E-state index contributed by atoms with van der Waals surface area (Å²) >= 11 is 0. The number of carbonyl (C=O) groups is 1. The molecule has 4 nitrogen and oxygen atoms in total. The number of rotatable bonds is 5. The van der Waals surface area contributed by atoms with Crippen molar-refractivity contribution in [2.24, 2.45) is 5.73 Å². The molecule has 3 N–H and O–H groups in total. The Morgan fingerprint density at radius 1 is 1.44 bits per heavy atom. The van der Waals surface area contributed by atoms with E-state index in [9.17, 15) is 4.79 Å². The van der Waals surface area contributed by atoms with E-state index >= 15 is 0 Å². The molecule has 0 aliphatic heterocycles. The fourth-order valence-corrected chi connectivity index (χ4v) is 1.73. The Morgan fingerprint density at radius 2 is 2.11 bits per heavy atom. The average Bonchev–Trinajstić information content (AvgIpc) is 3.06. The lowest BCUT2D eigenvalue weighted by molar-refractivity contribution is -0.123. The second-order valence-electron chi connectivity index (χ2n) is 5.11. The SMILES string of the molecule is CC(C)Oc1ccccc1CNC(=O)C1(N)CC1. The molecule has 1 aliphatic carbocycles. The van der Waals surface area contributed by atoms with Crippen molar-refractivity contribution in [1.82, 2.24) is 5.32 Å². The number of para-hydroxylation sites is 1. The first-order valence-electron chi connectivity index (χ1n) is 6.33. The zero-order chi connectivity index (χ0) is 13.2. The Bertz CT molecular complexity index is 439. The van der Waals surface area contributed by atoms with Gasteiger partial charge in [-0.15, -0.1) is 0 Å². The van der Waals surface area contributed by atoms with E-state index in [2.05, 4.69) is 5.32 Å². The van der Waals surface area contributed by atoms with E-state index in [1.54, 1.807) is 0 Å². The Labute approximate surface area is 108 Å². The van der Waals surface area contributed by atoms with E-state index in [4.69, 9.17) is 10.5 Å². The van der Waals surface area contributed by atoms with Crippen LogP contribution in [0.25, 0.3) is 0 Å². The van der Waals surface area contributed by atoms with Gasteiger partial charge < -0.3 is 15.8 Å². The molecule has 0 radical (unpaired) electrons. The highest BCUT2D eigenvalue weighted by atomic mass is 16.5. The van der Waals surface area contributed by atoms with Gasteiger partial charge in [0.25, 0.3) is 0 Å². The summed E-state index contributed by atoms with van der Waals surface area (Å²) in [5.41, 5.74) is 6.19. The van der Waals surface area contributed by atoms with Crippen molar-refractivity contribution >= 4 is 5.91 Å². The highest BCUT2D eigenvalue weighted by Crippen LogP contribution is 2.32. The number of amides is 1. The number of benzene rings is 1. The average molecular weight is 248 g/mol. The molecule has 4 heteroatoms. The number of carbonyl (C=O) groups excluding carboxylic acids is 1. The molecule has 0 aromatic heterocycles. The Morgan fingerprint density at radius 3 is 2.72 bits per heavy atom. The van der Waals surface area contributed by atoms with E-state index in [1.165, 1.54) is 0 Å². The summed E-state index contributed by atoms with van der Waals surface area (Å²) in [7, 11) is 0. The summed E-state index contributed by atoms with van der Waals surface area (Å²) in [5.74, 6) is 0.747. The summed E-state index contributed by atoms with van der Waals surface area (Å²) in [6.45, 7) is 4.42. The fraction of sp³-hybridized carbons (Fsp3) is 0.500. The van der Waals surface area contributed by atoms with Crippen molar-refractivity contribution in [3.05, 3.63) is 29.8 Å². The maximum absolute atomic E-state index is 11.8. The molecule has 0 atom stereocenters. The largest absolute Gasteiger partial charge is 0.491 e. The zero-order valence-corrected chi connectivity index (χ0v) is 10.9. The lowest BCUT2D eigenvalue weighted by atomic mass is 10.2. The molecular weight excluding hydrogens is 228 g/mol. The number of hydrogen-bond acceptors (Lipinski definition) is 3. The van der Waals surface area contributed by atoms with Gasteiger partial charge >= 0.3 is 0 Å². The van der Waals surface area contributed by atoms with Crippen LogP contribution in [0, 0.1) is 0 Å². The van der Waals surface area contributed by atoms with Crippen LogP contribution in [0.15, 0.2) is 24.3 Å². The maximum Gasteiger partial charge on any atom is 0.240 e. The van der Waals surface area contributed by atoms with Gasteiger partial charge in [-0.05, 0) is 32.8 Å². The van der Waals surface area contributed by atoms with E-state index in [0.717, 1.165) is 24.2 Å². The van der Waals surface area contributed by atoms with E-state index < -0.39 is 5.54 Å². The number of ether oxygens (including phenoxy) is 1. The molecule has 18 heavy (non-hydrogen) atoms. The summed E-state index contributed by atoms with van der Waals surface area (Å²) < 4.78 is 5.70. The normalized spacial score (nSPS) is 16.4. The van der Waals surface area contributed by atoms with Gasteiger partial charge in [0.2, 0.25) is 5.91 Å². The molecule has 1 saturated carbocycles. The third kappa shape index (κ3) is 3.01. The van der Waals surface area contributed by atoms with Gasteiger partial charge in [-0.3, -0.25) is 4.79 Å². The lowest BCUT2D eigenvalue weighted by Gasteiger charge is -2.15. The molecule has 0 heterocycles. The Kier molecular flexibility index (Phi) is 3.57. The second-order valence-corrected chi connectivity index (χ2v) is 5.11. The van der Waals surface area contributed by atoms with Gasteiger partial charge in [0, 0.05) is 12.1 Å². The molecule has 1 aromatic carbocycles. The van der Waals surface area contributed by atoms with Crippen molar-refractivity contribution in [2.75, 3.05) is 0 Å². The summed E-state index contributed by atoms with van der Waals surface area (Å²) in [4.78, 5) is 11.8. The first-order chi connectivity index (χ1) is 8.51. The molecule has 0 saturated heterocycles. The first-order valence-corrected chi connectivity index (χ1v) is 6.33. The van der Waals surface area contributed by atoms with E-state index in [1.807, 2.05) is 38.1 Å². The minimum absolute atomic E-state index is 0.0677. The monoisotopic (exact) mass is 248 g/mol. The van der Waals surface area contributed by atoms with Crippen LogP contribution in [0.3, 0.4) is 0 Å². The Hall–Kier alpha value is -1.55. The van der Waals surface area contributed by atoms with Gasteiger partial charge in [-0.2, -0.15) is 0 Å². The van der Waals surface area contributed by atoms with Crippen molar-refractivity contribution in [1.29, 1.82) is 0 Å². The topological polar surface area (TPSA) is 64.3 Å². The summed E-state index contributed by atoms with van der Waals surface area (Å²) in [6, 6.07) is 7.73. The van der Waals surface area contributed by atoms with Gasteiger partial charge in [-0.1, -0.05) is 18.2 Å². The van der Waals surface area contributed by atoms with Crippen molar-refractivity contribution < 1.29 is 9.53 Å². The van der Waals surface area contributed by atoms with Crippen LogP contribution in [0.5, 0.6) is 5.75 Å². The molecule has 0 spiro atoms. The Balaban J connectivity index is 1.98. The van der Waals surface area contributed by atoms with Gasteiger partial charge in [-0.25, -0.2) is 0 Å². The predicted molar refractivity (Wildman–Crippen MR) is 70.2 cm³/mol. The first kappa shape index (κ1) is 12.9. The van der Waals surface area contributed by atoms with E-state index in [-0.39, 0.29) is 12.0 Å². The fourth-order valence-electron chi connectivity index (χ4n) is 1.73. The number of hydrogen-bond donors (Lipinski definition) is 2. The molecule has 1 aliphatic rings. The second kappa shape index (κ2) is 4.98. The summed E-state index contributed by atoms with van der Waals surface area (Å²) in [6.07, 6.45) is 1.68. The van der Waals surface area contributed by atoms with Crippen molar-refractivity contribution in [3.63, 3.8) is 0 Å². The van der Waals surface area contributed by atoms with E-state index in [0.29, 0.717) is 6.54 Å². The van der Waals surface area contributed by atoms with Crippen LogP contribution < -0.4 is 15.8 Å². The number of nitrogens with one attached hydrogen (secondary N) is 1. The lowest BCUT2D eigenvalue weighted by Crippen LogP contribution is -2.42. The van der Waals surface area contributed by atoms with Crippen LogP contribution in [-0.4, -0.2) is 17.6 Å². The molecule has 1 amide bonds. The van der Waals surface area contributed by atoms with Crippen molar-refractivity contribution in [2.45, 2.75) is 44.9 Å². The van der Waals surface area contributed by atoms with Gasteiger partial charge in [0.1, 0.15) is 5.75 Å². The van der Waals surface area contributed by atoms with Gasteiger partial charge in [0.15, 0.2) is 0 Å². The predicted octanol–water partition coefficient (Wildman–Crippen LogP) is 1.58. The van der Waals surface area contributed by atoms with Crippen LogP contribution >= 0.6 is 0 Å². The molecule has 98 valence electrons. The quantitative estimate of drug-likeness (QED) is 0.831. The third-order valence-electron chi connectivity index (χ3n) is 3.02. The molecule has 0 bridgehead atoms. The zero-order valence-electron chi connectivity index (χ0n) is 10.9. The molecule has 1 aromatic rings. The highest BCUT2D eigenvalue weighted by molar-refractivity contribution is 5.88. The smallest absolute Gasteiger partial charge is 0.240 e. The van der Waals surface area contributed by atoms with Crippen molar-refractivity contribution in [3.8, 4) is 5.75 Å². The minimum Gasteiger partial charge on any atom is -0.491 e.